The van der Waals surface area contributed by atoms with E-state index in [0.717, 1.165) is 6.42 Å². The van der Waals surface area contributed by atoms with Crippen LogP contribution in [0.2, 0.25) is 5.02 Å². The van der Waals surface area contributed by atoms with Crippen molar-refractivity contribution < 1.29 is 23.8 Å². The van der Waals surface area contributed by atoms with Crippen molar-refractivity contribution in [3.05, 3.63) is 52.5 Å². The molecule has 1 aliphatic heterocycles. The van der Waals surface area contributed by atoms with Crippen molar-refractivity contribution in [1.82, 2.24) is 10.9 Å². The van der Waals surface area contributed by atoms with Gasteiger partial charge in [-0.1, -0.05) is 11.6 Å². The Labute approximate surface area is 174 Å². The molecule has 0 bridgehead atoms. The average Bonchev–Trinajstić information content (AvgIpc) is 2.92. The fourth-order valence-electron chi connectivity index (χ4n) is 2.77. The SMILES string of the molecule is CC(C)Oc1ccc(C(=O)NNC(=O)Cc2cc(Cl)c3c(c2)OCCCO3)cc1. The van der Waals surface area contributed by atoms with E-state index in [1.807, 2.05) is 13.8 Å². The molecule has 2 aromatic rings. The van der Waals surface area contributed by atoms with E-state index in [9.17, 15) is 9.59 Å². The molecule has 0 saturated heterocycles. The van der Waals surface area contributed by atoms with Crippen LogP contribution in [0.5, 0.6) is 17.2 Å². The lowest BCUT2D eigenvalue weighted by atomic mass is 10.1. The van der Waals surface area contributed by atoms with E-state index in [0.29, 0.717) is 46.6 Å². The van der Waals surface area contributed by atoms with Gasteiger partial charge < -0.3 is 14.2 Å². The minimum Gasteiger partial charge on any atom is -0.491 e. The molecule has 0 spiro atoms. The van der Waals surface area contributed by atoms with Crippen LogP contribution >= 0.6 is 11.6 Å². The predicted octanol–water partition coefficient (Wildman–Crippen LogP) is 3.29. The number of ether oxygens (including phenoxy) is 3. The Morgan fingerprint density at radius 3 is 2.55 bits per heavy atom. The number of carbonyl (C=O) groups excluding carboxylic acids is 2. The molecule has 0 unspecified atom stereocenters. The third-order valence-corrected chi connectivity index (χ3v) is 4.31. The molecule has 154 valence electrons. The first kappa shape index (κ1) is 20.8. The Hall–Kier alpha value is -2.93. The second-order valence-electron chi connectivity index (χ2n) is 6.83. The van der Waals surface area contributed by atoms with Crippen LogP contribution in [0, 0.1) is 0 Å². The molecule has 7 nitrogen and oxygen atoms in total. The Morgan fingerprint density at radius 1 is 1.10 bits per heavy atom. The van der Waals surface area contributed by atoms with E-state index in [1.165, 1.54) is 0 Å². The summed E-state index contributed by atoms with van der Waals surface area (Å²) < 4.78 is 16.7. The van der Waals surface area contributed by atoms with E-state index in [2.05, 4.69) is 10.9 Å². The number of carbonyl (C=O) groups is 2. The van der Waals surface area contributed by atoms with Crippen molar-refractivity contribution in [1.29, 1.82) is 0 Å². The smallest absolute Gasteiger partial charge is 0.269 e. The second kappa shape index (κ2) is 9.52. The van der Waals surface area contributed by atoms with Crippen LogP contribution in [0.1, 0.15) is 36.2 Å². The summed E-state index contributed by atoms with van der Waals surface area (Å²) in [5.41, 5.74) is 5.86. The Bertz CT molecular complexity index is 883. The summed E-state index contributed by atoms with van der Waals surface area (Å²) in [5, 5.41) is 0.389. The van der Waals surface area contributed by atoms with Crippen molar-refractivity contribution in [3.63, 3.8) is 0 Å². The first-order chi connectivity index (χ1) is 13.9. The zero-order valence-electron chi connectivity index (χ0n) is 16.3. The minimum atomic E-state index is -0.425. The molecule has 2 amide bonds. The van der Waals surface area contributed by atoms with Gasteiger partial charge in [0.25, 0.3) is 5.91 Å². The van der Waals surface area contributed by atoms with Gasteiger partial charge in [0, 0.05) is 12.0 Å². The minimum absolute atomic E-state index is 0.0256. The lowest BCUT2D eigenvalue weighted by Gasteiger charge is -2.12. The van der Waals surface area contributed by atoms with Gasteiger partial charge in [-0.3, -0.25) is 20.4 Å². The molecule has 1 heterocycles. The zero-order chi connectivity index (χ0) is 20.8. The van der Waals surface area contributed by atoms with E-state index in [4.69, 9.17) is 25.8 Å². The molecule has 2 N–H and O–H groups in total. The first-order valence-corrected chi connectivity index (χ1v) is 9.74. The lowest BCUT2D eigenvalue weighted by Crippen LogP contribution is -2.42. The third-order valence-electron chi connectivity index (χ3n) is 4.03. The van der Waals surface area contributed by atoms with E-state index >= 15 is 0 Å². The van der Waals surface area contributed by atoms with E-state index < -0.39 is 5.91 Å². The number of hydrogen-bond donors (Lipinski definition) is 2. The summed E-state index contributed by atoms with van der Waals surface area (Å²) in [6.45, 7) is 4.90. The summed E-state index contributed by atoms with van der Waals surface area (Å²) in [7, 11) is 0. The van der Waals surface area contributed by atoms with Crippen molar-refractivity contribution in [3.8, 4) is 17.2 Å². The van der Waals surface area contributed by atoms with Gasteiger partial charge in [0.15, 0.2) is 11.5 Å². The maximum absolute atomic E-state index is 12.2. The van der Waals surface area contributed by atoms with Crippen LogP contribution in [0.4, 0.5) is 0 Å². The molecule has 1 aliphatic rings. The van der Waals surface area contributed by atoms with Crippen molar-refractivity contribution in [2.24, 2.45) is 0 Å². The van der Waals surface area contributed by atoms with Crippen molar-refractivity contribution >= 4 is 23.4 Å². The molecular formula is C21H23ClN2O5. The number of fused-ring (bicyclic) bond motifs is 1. The van der Waals surface area contributed by atoms with Gasteiger partial charge in [0.1, 0.15) is 5.75 Å². The van der Waals surface area contributed by atoms with Gasteiger partial charge in [-0.25, -0.2) is 0 Å². The van der Waals surface area contributed by atoms with Gasteiger partial charge in [-0.05, 0) is 55.8 Å². The number of halogens is 1. The molecule has 29 heavy (non-hydrogen) atoms. The number of amides is 2. The molecule has 0 atom stereocenters. The van der Waals surface area contributed by atoms with Crippen LogP contribution in [0.15, 0.2) is 36.4 Å². The Kier molecular flexibility index (Phi) is 6.82. The Morgan fingerprint density at radius 2 is 1.83 bits per heavy atom. The lowest BCUT2D eigenvalue weighted by molar-refractivity contribution is -0.121. The largest absolute Gasteiger partial charge is 0.491 e. The molecule has 0 fully saturated rings. The molecule has 0 radical (unpaired) electrons. The van der Waals surface area contributed by atoms with Crippen LogP contribution in [0.3, 0.4) is 0 Å². The van der Waals surface area contributed by atoms with Gasteiger partial charge >= 0.3 is 0 Å². The highest BCUT2D eigenvalue weighted by atomic mass is 35.5. The molecule has 0 saturated carbocycles. The number of hydrazine groups is 1. The van der Waals surface area contributed by atoms with Gasteiger partial charge in [-0.2, -0.15) is 0 Å². The van der Waals surface area contributed by atoms with Crippen molar-refractivity contribution in [2.75, 3.05) is 13.2 Å². The summed E-state index contributed by atoms with van der Waals surface area (Å²) in [6, 6.07) is 10.0. The van der Waals surface area contributed by atoms with E-state index in [-0.39, 0.29) is 18.4 Å². The summed E-state index contributed by atoms with van der Waals surface area (Å²) >= 11 is 6.24. The molecular weight excluding hydrogens is 396 g/mol. The fraction of sp³-hybridized carbons (Fsp3) is 0.333. The maximum Gasteiger partial charge on any atom is 0.269 e. The predicted molar refractivity (Wildman–Crippen MR) is 109 cm³/mol. The summed E-state index contributed by atoms with van der Waals surface area (Å²) in [4.78, 5) is 24.4. The van der Waals surface area contributed by atoms with E-state index in [1.54, 1.807) is 36.4 Å². The van der Waals surface area contributed by atoms with Crippen LogP contribution in [-0.4, -0.2) is 31.1 Å². The maximum atomic E-state index is 12.2. The molecule has 0 aromatic heterocycles. The first-order valence-electron chi connectivity index (χ1n) is 9.36. The second-order valence-corrected chi connectivity index (χ2v) is 7.23. The highest BCUT2D eigenvalue weighted by Crippen LogP contribution is 2.38. The third kappa shape index (κ3) is 5.77. The van der Waals surface area contributed by atoms with Gasteiger partial charge in [-0.15, -0.1) is 0 Å². The monoisotopic (exact) mass is 418 g/mol. The standard InChI is InChI=1S/C21H23ClN2O5/c1-13(2)29-16-6-4-15(5-7-16)21(26)24-23-19(25)12-14-10-17(22)20-18(11-14)27-8-3-9-28-20/h4-7,10-11,13H,3,8-9,12H2,1-2H3,(H,23,25)(H,24,26). The molecule has 8 heteroatoms. The fourth-order valence-corrected chi connectivity index (χ4v) is 3.06. The number of hydrogen-bond acceptors (Lipinski definition) is 5. The highest BCUT2D eigenvalue weighted by molar-refractivity contribution is 6.32. The molecule has 3 rings (SSSR count). The number of benzene rings is 2. The highest BCUT2D eigenvalue weighted by Gasteiger charge is 2.17. The van der Waals surface area contributed by atoms with Gasteiger partial charge in [0.05, 0.1) is 30.8 Å². The molecule has 0 aliphatic carbocycles. The average molecular weight is 419 g/mol. The zero-order valence-corrected chi connectivity index (χ0v) is 17.0. The topological polar surface area (TPSA) is 85.9 Å². The van der Waals surface area contributed by atoms with Gasteiger partial charge in [0.2, 0.25) is 5.91 Å². The van der Waals surface area contributed by atoms with Crippen LogP contribution < -0.4 is 25.1 Å². The molecule has 2 aromatic carbocycles. The quantitative estimate of drug-likeness (QED) is 0.728. The number of rotatable bonds is 5. The summed E-state index contributed by atoms with van der Waals surface area (Å²) in [5.74, 6) is 0.874. The normalized spacial score (nSPS) is 12.8. The summed E-state index contributed by atoms with van der Waals surface area (Å²) in [6.07, 6.45) is 0.835. The Balaban J connectivity index is 1.55. The van der Waals surface area contributed by atoms with Crippen LogP contribution in [-0.2, 0) is 11.2 Å². The van der Waals surface area contributed by atoms with Crippen LogP contribution in [0.25, 0.3) is 0 Å². The number of nitrogens with one attached hydrogen (secondary N) is 2. The van der Waals surface area contributed by atoms with Crippen molar-refractivity contribution in [2.45, 2.75) is 32.8 Å².